The van der Waals surface area contributed by atoms with Crippen molar-refractivity contribution in [2.24, 2.45) is 5.92 Å². The van der Waals surface area contributed by atoms with Gasteiger partial charge in [-0.05, 0) is 43.4 Å². The molecule has 5 nitrogen and oxygen atoms in total. The van der Waals surface area contributed by atoms with Crippen LogP contribution in [0.2, 0.25) is 0 Å². The van der Waals surface area contributed by atoms with Gasteiger partial charge >= 0.3 is 5.97 Å². The lowest BCUT2D eigenvalue weighted by Gasteiger charge is -2.22. The van der Waals surface area contributed by atoms with Crippen molar-refractivity contribution in [1.82, 2.24) is 9.55 Å². The van der Waals surface area contributed by atoms with Crippen molar-refractivity contribution < 1.29 is 14.6 Å². The predicted octanol–water partition coefficient (Wildman–Crippen LogP) is 3.05. The average Bonchev–Trinajstić information content (AvgIpc) is 2.83. The maximum atomic E-state index is 11.4. The first-order valence-corrected chi connectivity index (χ1v) is 7.55. The van der Waals surface area contributed by atoms with Crippen LogP contribution < -0.4 is 4.74 Å². The predicted molar refractivity (Wildman–Crippen MR) is 82.2 cm³/mol. The number of aryl methyl sites for hydroxylation is 1. The van der Waals surface area contributed by atoms with Crippen LogP contribution >= 0.6 is 0 Å². The van der Waals surface area contributed by atoms with Crippen LogP contribution in [0.5, 0.6) is 5.75 Å². The van der Waals surface area contributed by atoms with Crippen molar-refractivity contribution in [3.05, 3.63) is 47.0 Å². The van der Waals surface area contributed by atoms with Gasteiger partial charge in [-0.15, -0.1) is 0 Å². The highest BCUT2D eigenvalue weighted by Gasteiger charge is 2.26. The third-order valence-electron chi connectivity index (χ3n) is 4.10. The zero-order chi connectivity index (χ0) is 15.7. The Balaban J connectivity index is 1.85. The van der Waals surface area contributed by atoms with E-state index in [2.05, 4.69) is 11.9 Å². The number of hydrogen-bond acceptors (Lipinski definition) is 3. The molecule has 2 heterocycles. The molecule has 1 aliphatic rings. The summed E-state index contributed by atoms with van der Waals surface area (Å²) in [6.45, 7) is 5.25. The molecule has 1 aromatic heterocycles. The molecule has 0 radical (unpaired) electrons. The van der Waals surface area contributed by atoms with Gasteiger partial charge in [-0.25, -0.2) is 9.78 Å². The fraction of sp³-hybridized carbons (Fsp3) is 0.412. The van der Waals surface area contributed by atoms with E-state index in [1.165, 1.54) is 0 Å². The molecule has 0 amide bonds. The van der Waals surface area contributed by atoms with Gasteiger partial charge in [-0.3, -0.25) is 0 Å². The van der Waals surface area contributed by atoms with Gasteiger partial charge in [0.15, 0.2) is 5.69 Å². The van der Waals surface area contributed by atoms with E-state index in [-0.39, 0.29) is 12.3 Å². The van der Waals surface area contributed by atoms with Crippen LogP contribution in [0.4, 0.5) is 0 Å². The number of aromatic carboxylic acids is 1. The summed E-state index contributed by atoms with van der Waals surface area (Å²) in [5, 5.41) is 9.35. The van der Waals surface area contributed by atoms with Crippen LogP contribution in [0.25, 0.3) is 0 Å². The summed E-state index contributed by atoms with van der Waals surface area (Å²) in [5.41, 5.74) is 2.13. The summed E-state index contributed by atoms with van der Waals surface area (Å²) < 4.78 is 7.80. The summed E-state index contributed by atoms with van der Waals surface area (Å²) in [7, 11) is 0. The van der Waals surface area contributed by atoms with Crippen molar-refractivity contribution >= 4 is 5.97 Å². The van der Waals surface area contributed by atoms with Gasteiger partial charge in [0.2, 0.25) is 0 Å². The number of aromatic nitrogens is 2. The quantitative estimate of drug-likeness (QED) is 0.942. The number of hydrogen-bond donors (Lipinski definition) is 1. The average molecular weight is 300 g/mol. The van der Waals surface area contributed by atoms with E-state index in [1.807, 2.05) is 35.8 Å². The molecule has 0 spiro atoms. The zero-order valence-electron chi connectivity index (χ0n) is 12.9. The van der Waals surface area contributed by atoms with Gasteiger partial charge in [0.25, 0.3) is 0 Å². The smallest absolute Gasteiger partial charge is 0.356 e. The number of rotatable bonds is 4. The fourth-order valence-electron chi connectivity index (χ4n) is 2.92. The van der Waals surface area contributed by atoms with Crippen LogP contribution in [0.15, 0.2) is 24.3 Å². The van der Waals surface area contributed by atoms with Crippen LogP contribution in [0.3, 0.4) is 0 Å². The third kappa shape index (κ3) is 2.84. The second kappa shape index (κ2) is 5.83. The van der Waals surface area contributed by atoms with E-state index in [1.54, 1.807) is 0 Å². The molecule has 0 saturated carbocycles. The highest BCUT2D eigenvalue weighted by Crippen LogP contribution is 2.25. The van der Waals surface area contributed by atoms with E-state index in [9.17, 15) is 9.90 Å². The lowest BCUT2D eigenvalue weighted by molar-refractivity contribution is 0.0688. The molecule has 1 N–H and O–H groups in total. The third-order valence-corrected chi connectivity index (χ3v) is 4.10. The Morgan fingerprint density at radius 3 is 3.05 bits per heavy atom. The van der Waals surface area contributed by atoms with Gasteiger partial charge in [0, 0.05) is 6.54 Å². The number of carboxylic acid groups (broad SMARTS) is 1. The number of carbonyl (C=O) groups is 1. The molecule has 116 valence electrons. The van der Waals surface area contributed by atoms with E-state index in [4.69, 9.17) is 4.74 Å². The molecule has 0 saturated heterocycles. The van der Waals surface area contributed by atoms with Crippen molar-refractivity contribution in [1.29, 1.82) is 0 Å². The topological polar surface area (TPSA) is 64.3 Å². The molecule has 1 aromatic carbocycles. The van der Waals surface area contributed by atoms with E-state index >= 15 is 0 Å². The summed E-state index contributed by atoms with van der Waals surface area (Å²) in [4.78, 5) is 15.7. The summed E-state index contributed by atoms with van der Waals surface area (Å²) in [5.74, 6) is 1.01. The molecule has 0 bridgehead atoms. The van der Waals surface area contributed by atoms with Crippen LogP contribution in [0, 0.1) is 12.8 Å². The lowest BCUT2D eigenvalue weighted by atomic mass is 9.97. The Labute approximate surface area is 129 Å². The standard InChI is InChI=1S/C17H20N2O3/c1-11-4-3-5-13(8-11)22-10-15-18-16(17(20)21)14-9-12(2)6-7-19(14)15/h3-5,8,12H,6-7,9-10H2,1-2H3,(H,20,21). The second-order valence-corrected chi connectivity index (χ2v) is 5.98. The molecular weight excluding hydrogens is 280 g/mol. The Bertz CT molecular complexity index is 706. The minimum absolute atomic E-state index is 0.175. The number of imidazole rings is 1. The Morgan fingerprint density at radius 1 is 1.50 bits per heavy atom. The SMILES string of the molecule is Cc1cccc(OCc2nc(C(=O)O)c3n2CCC(C)C3)c1. The van der Waals surface area contributed by atoms with Crippen LogP contribution in [-0.4, -0.2) is 20.6 Å². The maximum absolute atomic E-state index is 11.4. The van der Waals surface area contributed by atoms with Crippen molar-refractivity contribution in [3.8, 4) is 5.75 Å². The molecule has 0 aliphatic carbocycles. The highest BCUT2D eigenvalue weighted by molar-refractivity contribution is 5.87. The normalized spacial score (nSPS) is 17.1. The van der Waals surface area contributed by atoms with Gasteiger partial charge < -0.3 is 14.4 Å². The Kier molecular flexibility index (Phi) is 3.88. The lowest BCUT2D eigenvalue weighted by Crippen LogP contribution is -2.20. The molecule has 3 rings (SSSR count). The van der Waals surface area contributed by atoms with Crippen LogP contribution in [0.1, 0.15) is 40.9 Å². The van der Waals surface area contributed by atoms with Gasteiger partial charge in [-0.2, -0.15) is 0 Å². The summed E-state index contributed by atoms with van der Waals surface area (Å²) >= 11 is 0. The first kappa shape index (κ1) is 14.6. The van der Waals surface area contributed by atoms with Gasteiger partial charge in [0.05, 0.1) is 5.69 Å². The van der Waals surface area contributed by atoms with E-state index in [0.717, 1.165) is 36.4 Å². The molecular formula is C17H20N2O3. The van der Waals surface area contributed by atoms with Gasteiger partial charge in [0.1, 0.15) is 18.2 Å². The largest absolute Gasteiger partial charge is 0.486 e. The second-order valence-electron chi connectivity index (χ2n) is 5.98. The number of ether oxygens (including phenoxy) is 1. The van der Waals surface area contributed by atoms with Gasteiger partial charge in [-0.1, -0.05) is 19.1 Å². The van der Waals surface area contributed by atoms with E-state index < -0.39 is 5.97 Å². The molecule has 0 fully saturated rings. The number of nitrogens with zero attached hydrogens (tertiary/aromatic N) is 2. The fourth-order valence-corrected chi connectivity index (χ4v) is 2.92. The first-order chi connectivity index (χ1) is 10.5. The molecule has 22 heavy (non-hydrogen) atoms. The van der Waals surface area contributed by atoms with Crippen LogP contribution in [-0.2, 0) is 19.6 Å². The highest BCUT2D eigenvalue weighted by atomic mass is 16.5. The van der Waals surface area contributed by atoms with Crippen molar-refractivity contribution in [3.63, 3.8) is 0 Å². The molecule has 1 aliphatic heterocycles. The maximum Gasteiger partial charge on any atom is 0.356 e. The first-order valence-electron chi connectivity index (χ1n) is 7.55. The minimum Gasteiger partial charge on any atom is -0.486 e. The monoisotopic (exact) mass is 300 g/mol. The van der Waals surface area contributed by atoms with Crippen molar-refractivity contribution in [2.75, 3.05) is 0 Å². The minimum atomic E-state index is -0.959. The molecule has 2 aromatic rings. The zero-order valence-corrected chi connectivity index (χ0v) is 12.9. The summed E-state index contributed by atoms with van der Waals surface area (Å²) in [6, 6.07) is 7.80. The van der Waals surface area contributed by atoms with Crippen molar-refractivity contribution in [2.45, 2.75) is 39.8 Å². The molecule has 1 unspecified atom stereocenters. The number of carboxylic acids is 1. The molecule has 5 heteroatoms. The molecule has 1 atom stereocenters. The Morgan fingerprint density at radius 2 is 2.32 bits per heavy atom. The Hall–Kier alpha value is -2.30. The van der Waals surface area contributed by atoms with E-state index in [0.29, 0.717) is 11.7 Å². The number of fused-ring (bicyclic) bond motifs is 1. The summed E-state index contributed by atoms with van der Waals surface area (Å²) in [6.07, 6.45) is 1.80. The number of benzene rings is 1.